The molecule has 0 unspecified atom stereocenters. The molecule has 0 aliphatic heterocycles. The summed E-state index contributed by atoms with van der Waals surface area (Å²) in [6.45, 7) is 12.9. The number of rotatable bonds is 13. The van der Waals surface area contributed by atoms with Gasteiger partial charge in [0.15, 0.2) is 0 Å². The maximum absolute atomic E-state index is 6.21. The molecule has 19 heavy (non-hydrogen) atoms. The first-order valence-corrected chi connectivity index (χ1v) is 10.0. The van der Waals surface area contributed by atoms with E-state index in [9.17, 15) is 0 Å². The molecule has 0 rings (SSSR count). The molecule has 0 radical (unpaired) electrons. The average molecular weight is 291 g/mol. The summed E-state index contributed by atoms with van der Waals surface area (Å²) in [5, 5.41) is 0. The SMILES string of the molecule is CCCC(CCC)CO[Si](CCC)(OCC)OCC. The summed E-state index contributed by atoms with van der Waals surface area (Å²) >= 11 is 0. The average Bonchev–Trinajstić information content (AvgIpc) is 2.37. The molecule has 0 bridgehead atoms. The van der Waals surface area contributed by atoms with Gasteiger partial charge in [0, 0.05) is 25.9 Å². The summed E-state index contributed by atoms with van der Waals surface area (Å²) in [6, 6.07) is 0.930. The van der Waals surface area contributed by atoms with Crippen LogP contribution in [0, 0.1) is 5.92 Å². The van der Waals surface area contributed by atoms with Crippen molar-refractivity contribution in [1.82, 2.24) is 0 Å². The fourth-order valence-corrected chi connectivity index (χ4v) is 5.12. The summed E-state index contributed by atoms with van der Waals surface area (Å²) in [4.78, 5) is 0. The van der Waals surface area contributed by atoms with Crippen molar-refractivity contribution in [3.05, 3.63) is 0 Å². The first kappa shape index (κ1) is 19.1. The van der Waals surface area contributed by atoms with E-state index in [0.29, 0.717) is 19.1 Å². The summed E-state index contributed by atoms with van der Waals surface area (Å²) in [7, 11) is -2.42. The Morgan fingerprint density at radius 2 is 1.26 bits per heavy atom. The first-order chi connectivity index (χ1) is 9.17. The molecule has 4 heteroatoms. The van der Waals surface area contributed by atoms with Crippen LogP contribution in [0.2, 0.25) is 6.04 Å². The van der Waals surface area contributed by atoms with Gasteiger partial charge in [0.1, 0.15) is 0 Å². The van der Waals surface area contributed by atoms with E-state index < -0.39 is 8.80 Å². The smallest absolute Gasteiger partial charge is 0.374 e. The third-order valence-corrected chi connectivity index (χ3v) is 6.39. The fourth-order valence-electron chi connectivity index (χ4n) is 2.46. The molecule has 0 fully saturated rings. The van der Waals surface area contributed by atoms with Crippen LogP contribution in [0.25, 0.3) is 0 Å². The summed E-state index contributed by atoms with van der Waals surface area (Å²) in [6.07, 6.45) is 5.98. The minimum atomic E-state index is -2.42. The zero-order chi connectivity index (χ0) is 14.6. The van der Waals surface area contributed by atoms with Gasteiger partial charge >= 0.3 is 8.80 Å². The van der Waals surface area contributed by atoms with E-state index in [0.717, 1.165) is 19.1 Å². The summed E-state index contributed by atoms with van der Waals surface area (Å²) in [5.74, 6) is 0.652. The molecule has 0 saturated heterocycles. The lowest BCUT2D eigenvalue weighted by Gasteiger charge is -2.30. The van der Waals surface area contributed by atoms with Crippen molar-refractivity contribution in [2.24, 2.45) is 5.92 Å². The van der Waals surface area contributed by atoms with Crippen molar-refractivity contribution in [2.45, 2.75) is 72.8 Å². The second-order valence-corrected chi connectivity index (χ2v) is 7.79. The van der Waals surface area contributed by atoms with Gasteiger partial charge in [-0.15, -0.1) is 0 Å². The monoisotopic (exact) mass is 290 g/mol. The van der Waals surface area contributed by atoms with Gasteiger partial charge in [-0.05, 0) is 32.6 Å². The lowest BCUT2D eigenvalue weighted by Crippen LogP contribution is -2.46. The van der Waals surface area contributed by atoms with E-state index in [1.165, 1.54) is 25.7 Å². The molecule has 116 valence electrons. The molecule has 0 aliphatic rings. The molecule has 3 nitrogen and oxygen atoms in total. The van der Waals surface area contributed by atoms with E-state index in [2.05, 4.69) is 20.8 Å². The Morgan fingerprint density at radius 1 is 0.737 bits per heavy atom. The van der Waals surface area contributed by atoms with Crippen molar-refractivity contribution < 1.29 is 13.3 Å². The van der Waals surface area contributed by atoms with Crippen LogP contribution in [-0.4, -0.2) is 28.6 Å². The minimum absolute atomic E-state index is 0.652. The van der Waals surface area contributed by atoms with Crippen molar-refractivity contribution in [2.75, 3.05) is 19.8 Å². The van der Waals surface area contributed by atoms with Gasteiger partial charge in [-0.3, -0.25) is 0 Å². The zero-order valence-electron chi connectivity index (χ0n) is 13.7. The van der Waals surface area contributed by atoms with E-state index in [1.54, 1.807) is 0 Å². The lowest BCUT2D eigenvalue weighted by atomic mass is 10.00. The Morgan fingerprint density at radius 3 is 1.63 bits per heavy atom. The highest BCUT2D eigenvalue weighted by Gasteiger charge is 2.40. The second-order valence-electron chi connectivity index (χ2n) is 5.05. The highest BCUT2D eigenvalue weighted by atomic mass is 28.4. The standard InChI is InChI=1S/C15H34O3Si/c1-6-11-15(12-7-2)14-18-19(13-8-3,16-9-4)17-10-5/h15H,6-14H2,1-5H3. The first-order valence-electron chi connectivity index (χ1n) is 8.09. The van der Waals surface area contributed by atoms with E-state index >= 15 is 0 Å². The van der Waals surface area contributed by atoms with Gasteiger partial charge in [0.05, 0.1) is 0 Å². The quantitative estimate of drug-likeness (QED) is 0.462. The van der Waals surface area contributed by atoms with E-state index in [-0.39, 0.29) is 0 Å². The van der Waals surface area contributed by atoms with Gasteiger partial charge in [0.2, 0.25) is 0 Å². The van der Waals surface area contributed by atoms with Gasteiger partial charge in [-0.2, -0.15) is 0 Å². The van der Waals surface area contributed by atoms with Crippen LogP contribution in [0.5, 0.6) is 0 Å². The van der Waals surface area contributed by atoms with Crippen LogP contribution in [0.15, 0.2) is 0 Å². The van der Waals surface area contributed by atoms with Gasteiger partial charge < -0.3 is 13.3 Å². The molecule has 0 N–H and O–H groups in total. The van der Waals surface area contributed by atoms with Crippen molar-refractivity contribution in [3.8, 4) is 0 Å². The predicted octanol–water partition coefficient (Wildman–Crippen LogP) is 4.64. The Kier molecular flexibility index (Phi) is 11.9. The van der Waals surface area contributed by atoms with Crippen molar-refractivity contribution in [1.29, 1.82) is 0 Å². The Hall–Kier alpha value is 0.0969. The van der Waals surface area contributed by atoms with Crippen LogP contribution in [0.1, 0.15) is 66.7 Å². The molecular weight excluding hydrogens is 256 g/mol. The molecule has 0 spiro atoms. The van der Waals surface area contributed by atoms with Gasteiger partial charge in [0.25, 0.3) is 0 Å². The summed E-state index contributed by atoms with van der Waals surface area (Å²) < 4.78 is 18.0. The molecule has 0 aliphatic carbocycles. The molecule has 0 aromatic carbocycles. The van der Waals surface area contributed by atoms with Crippen LogP contribution in [0.4, 0.5) is 0 Å². The zero-order valence-corrected chi connectivity index (χ0v) is 14.7. The molecule has 0 heterocycles. The molecule has 0 aromatic rings. The highest BCUT2D eigenvalue weighted by molar-refractivity contribution is 6.60. The van der Waals surface area contributed by atoms with Crippen molar-refractivity contribution in [3.63, 3.8) is 0 Å². The lowest BCUT2D eigenvalue weighted by molar-refractivity contribution is 0.0519. The van der Waals surface area contributed by atoms with Crippen LogP contribution in [0.3, 0.4) is 0 Å². The van der Waals surface area contributed by atoms with E-state index in [1.807, 2.05) is 13.8 Å². The number of hydrogen-bond acceptors (Lipinski definition) is 3. The molecule has 0 amide bonds. The van der Waals surface area contributed by atoms with Crippen LogP contribution >= 0.6 is 0 Å². The Labute approximate surface area is 121 Å². The second kappa shape index (κ2) is 11.9. The fraction of sp³-hybridized carbons (Fsp3) is 1.00. The minimum Gasteiger partial charge on any atom is -0.374 e. The molecule has 0 saturated carbocycles. The topological polar surface area (TPSA) is 27.7 Å². The predicted molar refractivity (Wildman–Crippen MR) is 83.4 cm³/mol. The maximum atomic E-state index is 6.21. The largest absolute Gasteiger partial charge is 0.500 e. The third kappa shape index (κ3) is 8.08. The van der Waals surface area contributed by atoms with Gasteiger partial charge in [-0.25, -0.2) is 0 Å². The highest BCUT2D eigenvalue weighted by Crippen LogP contribution is 2.22. The summed E-state index contributed by atoms with van der Waals surface area (Å²) in [5.41, 5.74) is 0. The van der Waals surface area contributed by atoms with Crippen LogP contribution in [-0.2, 0) is 13.3 Å². The molecule has 0 atom stereocenters. The van der Waals surface area contributed by atoms with E-state index in [4.69, 9.17) is 13.3 Å². The Balaban J connectivity index is 4.49. The van der Waals surface area contributed by atoms with Gasteiger partial charge in [-0.1, -0.05) is 40.0 Å². The third-order valence-electron chi connectivity index (χ3n) is 3.22. The van der Waals surface area contributed by atoms with Crippen molar-refractivity contribution >= 4 is 8.80 Å². The molecule has 0 aromatic heterocycles. The maximum Gasteiger partial charge on any atom is 0.500 e. The Bertz CT molecular complexity index is 177. The molecular formula is C15H34O3Si. The van der Waals surface area contributed by atoms with Crippen LogP contribution < -0.4 is 0 Å². The number of hydrogen-bond donors (Lipinski definition) is 0. The normalized spacial score (nSPS) is 12.3.